The lowest BCUT2D eigenvalue weighted by Crippen LogP contribution is -2.15. The van der Waals surface area contributed by atoms with Gasteiger partial charge in [-0.15, -0.1) is 10.2 Å². The van der Waals surface area contributed by atoms with E-state index in [0.717, 1.165) is 49.4 Å². The van der Waals surface area contributed by atoms with Crippen LogP contribution < -0.4 is 5.32 Å². The van der Waals surface area contributed by atoms with E-state index in [1.165, 1.54) is 25.7 Å². The highest BCUT2D eigenvalue weighted by Crippen LogP contribution is 2.19. The van der Waals surface area contributed by atoms with Crippen LogP contribution in [-0.2, 0) is 26.1 Å². The second-order valence-electron chi connectivity index (χ2n) is 5.83. The number of rotatable bonds is 5. The molecule has 106 valence electrons. The van der Waals surface area contributed by atoms with Gasteiger partial charge in [-0.3, -0.25) is 0 Å². The molecule has 6 nitrogen and oxygen atoms in total. The Morgan fingerprint density at radius 1 is 1.25 bits per heavy atom. The third-order valence-electron chi connectivity index (χ3n) is 4.10. The number of hydrogen-bond acceptors (Lipinski definition) is 4. The fraction of sp³-hybridized carbons (Fsp3) is 0.643. The van der Waals surface area contributed by atoms with Crippen molar-refractivity contribution in [3.8, 4) is 0 Å². The molecule has 1 fully saturated rings. The van der Waals surface area contributed by atoms with Gasteiger partial charge in [0.2, 0.25) is 0 Å². The average Bonchev–Trinajstić information content (AvgIpc) is 3.06. The van der Waals surface area contributed by atoms with Crippen molar-refractivity contribution in [1.82, 2.24) is 29.6 Å². The molecule has 2 aliphatic rings. The lowest BCUT2D eigenvalue weighted by molar-refractivity contribution is 0.501. The molecule has 0 amide bonds. The fourth-order valence-electron chi connectivity index (χ4n) is 2.77. The molecule has 1 aliphatic heterocycles. The van der Waals surface area contributed by atoms with E-state index < -0.39 is 0 Å². The van der Waals surface area contributed by atoms with Crippen molar-refractivity contribution >= 4 is 0 Å². The van der Waals surface area contributed by atoms with Gasteiger partial charge in [0.1, 0.15) is 5.82 Å². The van der Waals surface area contributed by atoms with E-state index in [-0.39, 0.29) is 0 Å². The van der Waals surface area contributed by atoms with Crippen LogP contribution in [0.1, 0.15) is 43.0 Å². The van der Waals surface area contributed by atoms with Crippen molar-refractivity contribution in [2.24, 2.45) is 0 Å². The Hall–Kier alpha value is -1.69. The zero-order chi connectivity index (χ0) is 13.4. The van der Waals surface area contributed by atoms with E-state index >= 15 is 0 Å². The van der Waals surface area contributed by atoms with Gasteiger partial charge in [-0.2, -0.15) is 0 Å². The fourth-order valence-corrected chi connectivity index (χ4v) is 2.77. The van der Waals surface area contributed by atoms with E-state index in [0.29, 0.717) is 0 Å². The van der Waals surface area contributed by atoms with Gasteiger partial charge in [0.15, 0.2) is 5.82 Å². The Bertz CT molecular complexity index is 595. The van der Waals surface area contributed by atoms with Gasteiger partial charge >= 0.3 is 0 Å². The molecule has 2 aromatic heterocycles. The van der Waals surface area contributed by atoms with Gasteiger partial charge in [-0.05, 0) is 25.7 Å². The number of aryl methyl sites for hydroxylation is 1. The van der Waals surface area contributed by atoms with Crippen molar-refractivity contribution < 1.29 is 0 Å². The first kappa shape index (κ1) is 12.1. The second-order valence-corrected chi connectivity index (χ2v) is 5.83. The van der Waals surface area contributed by atoms with Crippen LogP contribution in [0.15, 0.2) is 12.5 Å². The SMILES string of the molecule is c1nc(CNC2CC2)cn1Cc1nnc2n1CCCC2. The Kier molecular flexibility index (Phi) is 3.03. The molecule has 2 aromatic rings. The third kappa shape index (κ3) is 2.47. The summed E-state index contributed by atoms with van der Waals surface area (Å²) in [6.07, 6.45) is 10.2. The van der Waals surface area contributed by atoms with Crippen LogP contribution in [-0.4, -0.2) is 30.4 Å². The molecular weight excluding hydrogens is 252 g/mol. The molecule has 1 aliphatic carbocycles. The highest BCUT2D eigenvalue weighted by Gasteiger charge is 2.20. The maximum absolute atomic E-state index is 4.45. The van der Waals surface area contributed by atoms with Crippen LogP contribution in [0.3, 0.4) is 0 Å². The van der Waals surface area contributed by atoms with Gasteiger partial charge in [0, 0.05) is 31.7 Å². The predicted octanol–water partition coefficient (Wildman–Crippen LogP) is 1.11. The number of nitrogens with one attached hydrogen (secondary N) is 1. The minimum atomic E-state index is 0.726. The normalized spacial score (nSPS) is 18.2. The maximum atomic E-state index is 4.45. The number of nitrogens with zero attached hydrogens (tertiary/aromatic N) is 5. The van der Waals surface area contributed by atoms with Crippen molar-refractivity contribution in [2.75, 3.05) is 0 Å². The van der Waals surface area contributed by atoms with Gasteiger partial charge in [-0.1, -0.05) is 0 Å². The second kappa shape index (κ2) is 5.01. The van der Waals surface area contributed by atoms with Crippen LogP contribution in [0.4, 0.5) is 0 Å². The van der Waals surface area contributed by atoms with Crippen molar-refractivity contribution in [2.45, 2.75) is 57.8 Å². The summed E-state index contributed by atoms with van der Waals surface area (Å²) in [5, 5.41) is 12.1. The van der Waals surface area contributed by atoms with Gasteiger partial charge in [0.05, 0.1) is 18.6 Å². The Morgan fingerprint density at radius 2 is 2.20 bits per heavy atom. The first-order chi connectivity index (χ1) is 9.88. The Morgan fingerprint density at radius 3 is 3.10 bits per heavy atom. The molecule has 1 saturated carbocycles. The topological polar surface area (TPSA) is 60.6 Å². The number of fused-ring (bicyclic) bond motifs is 1. The van der Waals surface area contributed by atoms with Gasteiger partial charge in [0.25, 0.3) is 0 Å². The van der Waals surface area contributed by atoms with Crippen molar-refractivity contribution in [3.05, 3.63) is 29.9 Å². The van der Waals surface area contributed by atoms with Crippen LogP contribution in [0.2, 0.25) is 0 Å². The van der Waals surface area contributed by atoms with Crippen molar-refractivity contribution in [1.29, 1.82) is 0 Å². The van der Waals surface area contributed by atoms with E-state index in [9.17, 15) is 0 Å². The van der Waals surface area contributed by atoms with Crippen molar-refractivity contribution in [3.63, 3.8) is 0 Å². The molecule has 0 radical (unpaired) electrons. The number of aromatic nitrogens is 5. The van der Waals surface area contributed by atoms with E-state index in [1.807, 2.05) is 6.33 Å². The quantitative estimate of drug-likeness (QED) is 0.886. The molecule has 0 atom stereocenters. The zero-order valence-electron chi connectivity index (χ0n) is 11.6. The lowest BCUT2D eigenvalue weighted by atomic mass is 10.2. The largest absolute Gasteiger partial charge is 0.329 e. The molecular formula is C14H20N6. The minimum absolute atomic E-state index is 0.726. The molecule has 0 unspecified atom stereocenters. The molecule has 3 heterocycles. The standard InChI is InChI=1S/C14H20N6/c1-2-6-20-13(3-1)17-18-14(20)9-19-8-12(16-10-19)7-15-11-4-5-11/h8,10-11,15H,1-7,9H2. The maximum Gasteiger partial charge on any atom is 0.153 e. The highest BCUT2D eigenvalue weighted by molar-refractivity contribution is 5.03. The third-order valence-corrected chi connectivity index (χ3v) is 4.10. The van der Waals surface area contributed by atoms with E-state index in [2.05, 4.69) is 35.8 Å². The number of imidazole rings is 1. The van der Waals surface area contributed by atoms with Gasteiger partial charge < -0.3 is 14.5 Å². The summed E-state index contributed by atoms with van der Waals surface area (Å²) in [5.41, 5.74) is 1.11. The first-order valence-corrected chi connectivity index (χ1v) is 7.53. The number of hydrogen-bond donors (Lipinski definition) is 1. The summed E-state index contributed by atoms with van der Waals surface area (Å²) in [6, 6.07) is 0.726. The average molecular weight is 272 g/mol. The molecule has 6 heteroatoms. The molecule has 0 bridgehead atoms. The summed E-state index contributed by atoms with van der Waals surface area (Å²) >= 11 is 0. The predicted molar refractivity (Wildman–Crippen MR) is 74.2 cm³/mol. The minimum Gasteiger partial charge on any atom is -0.329 e. The summed E-state index contributed by atoms with van der Waals surface area (Å²) < 4.78 is 4.38. The molecule has 0 spiro atoms. The van der Waals surface area contributed by atoms with Gasteiger partial charge in [-0.25, -0.2) is 4.98 Å². The van der Waals surface area contributed by atoms with Crippen LogP contribution in [0, 0.1) is 0 Å². The highest BCUT2D eigenvalue weighted by atomic mass is 15.3. The van der Waals surface area contributed by atoms with Crippen LogP contribution in [0.5, 0.6) is 0 Å². The molecule has 4 rings (SSSR count). The molecule has 20 heavy (non-hydrogen) atoms. The summed E-state index contributed by atoms with van der Waals surface area (Å²) in [6.45, 7) is 2.70. The van der Waals surface area contributed by atoms with E-state index in [1.54, 1.807) is 0 Å². The van der Waals surface area contributed by atoms with E-state index in [4.69, 9.17) is 0 Å². The molecule has 0 aromatic carbocycles. The van der Waals surface area contributed by atoms with Crippen LogP contribution >= 0.6 is 0 Å². The molecule has 0 saturated heterocycles. The molecule has 1 N–H and O–H groups in total. The Labute approximate surface area is 118 Å². The Balaban J connectivity index is 1.44. The first-order valence-electron chi connectivity index (χ1n) is 7.53. The van der Waals surface area contributed by atoms with Crippen LogP contribution in [0.25, 0.3) is 0 Å². The smallest absolute Gasteiger partial charge is 0.153 e. The summed E-state index contributed by atoms with van der Waals surface area (Å²) in [4.78, 5) is 4.45. The lowest BCUT2D eigenvalue weighted by Gasteiger charge is -2.14. The zero-order valence-corrected chi connectivity index (χ0v) is 11.6. The summed E-state index contributed by atoms with van der Waals surface area (Å²) in [5.74, 6) is 2.20. The summed E-state index contributed by atoms with van der Waals surface area (Å²) in [7, 11) is 0. The monoisotopic (exact) mass is 272 g/mol.